The lowest BCUT2D eigenvalue weighted by molar-refractivity contribution is 0.0526. The van der Waals surface area contributed by atoms with Crippen LogP contribution in [0, 0.1) is 0 Å². The number of ether oxygens (including phenoxy) is 1. The zero-order chi connectivity index (χ0) is 13.1. The molecule has 0 aliphatic rings. The smallest absolute Gasteiger partial charge is 0.340 e. The lowest BCUT2D eigenvalue weighted by Gasteiger charge is -2.11. The highest BCUT2D eigenvalue weighted by molar-refractivity contribution is 6.30. The average Bonchev–Trinajstić information content (AvgIpc) is 2.75. The van der Waals surface area contributed by atoms with E-state index in [1.165, 1.54) is 10.9 Å². The summed E-state index contributed by atoms with van der Waals surface area (Å²) in [7, 11) is 0. The zero-order valence-electron chi connectivity index (χ0n) is 9.76. The molecule has 0 atom stereocenters. The fraction of sp³-hybridized carbons (Fsp3) is 0.167. The third kappa shape index (κ3) is 2.31. The number of carbonyl (C=O) groups excluding carboxylic acids is 1. The van der Waals surface area contributed by atoms with E-state index in [4.69, 9.17) is 22.1 Å². The van der Waals surface area contributed by atoms with Crippen molar-refractivity contribution in [1.82, 2.24) is 9.78 Å². The van der Waals surface area contributed by atoms with Gasteiger partial charge in [-0.15, -0.1) is 0 Å². The quantitative estimate of drug-likeness (QED) is 0.683. The summed E-state index contributed by atoms with van der Waals surface area (Å²) >= 11 is 5.82. The number of aromatic nitrogens is 2. The van der Waals surface area contributed by atoms with Gasteiger partial charge in [0.25, 0.3) is 0 Å². The number of para-hydroxylation sites is 1. The van der Waals surface area contributed by atoms with Gasteiger partial charge in [0.2, 0.25) is 0 Å². The first-order valence-electron chi connectivity index (χ1n) is 5.39. The lowest BCUT2D eigenvalue weighted by atomic mass is 10.1. The third-order valence-corrected chi connectivity index (χ3v) is 2.54. The van der Waals surface area contributed by atoms with E-state index in [1.54, 1.807) is 31.3 Å². The number of hydrogen-bond acceptors (Lipinski definition) is 4. The minimum atomic E-state index is -0.438. The molecule has 0 spiro atoms. The van der Waals surface area contributed by atoms with Crippen LogP contribution in [0.25, 0.3) is 5.69 Å². The van der Waals surface area contributed by atoms with E-state index >= 15 is 0 Å². The average molecular weight is 266 g/mol. The number of nitrogens with zero attached hydrogens (tertiary/aromatic N) is 2. The van der Waals surface area contributed by atoms with Gasteiger partial charge in [-0.25, -0.2) is 9.48 Å². The molecule has 0 aliphatic heterocycles. The van der Waals surface area contributed by atoms with Crippen LogP contribution in [0.4, 0.5) is 5.69 Å². The van der Waals surface area contributed by atoms with E-state index in [2.05, 4.69) is 5.10 Å². The number of nitrogens with two attached hydrogens (primary N) is 1. The second-order valence-corrected chi connectivity index (χ2v) is 4.00. The number of anilines is 1. The molecule has 2 aromatic rings. The van der Waals surface area contributed by atoms with E-state index in [0.29, 0.717) is 28.6 Å². The molecule has 1 aromatic carbocycles. The van der Waals surface area contributed by atoms with Gasteiger partial charge < -0.3 is 10.5 Å². The van der Waals surface area contributed by atoms with Crippen molar-refractivity contribution in [1.29, 1.82) is 0 Å². The van der Waals surface area contributed by atoms with Crippen molar-refractivity contribution in [3.05, 3.63) is 41.2 Å². The van der Waals surface area contributed by atoms with Gasteiger partial charge >= 0.3 is 5.97 Å². The summed E-state index contributed by atoms with van der Waals surface area (Å²) in [5, 5.41) is 4.51. The number of esters is 1. The Morgan fingerprint density at radius 1 is 1.56 bits per heavy atom. The fourth-order valence-electron chi connectivity index (χ4n) is 1.61. The van der Waals surface area contributed by atoms with E-state index in [-0.39, 0.29) is 0 Å². The van der Waals surface area contributed by atoms with Gasteiger partial charge in [0.05, 0.1) is 29.1 Å². The van der Waals surface area contributed by atoms with E-state index < -0.39 is 5.97 Å². The van der Waals surface area contributed by atoms with Gasteiger partial charge in [0.15, 0.2) is 0 Å². The number of halogens is 1. The normalized spacial score (nSPS) is 10.3. The molecule has 0 radical (unpaired) electrons. The van der Waals surface area contributed by atoms with Crippen molar-refractivity contribution in [3.8, 4) is 5.69 Å². The number of benzene rings is 1. The molecule has 0 amide bonds. The van der Waals surface area contributed by atoms with Crippen molar-refractivity contribution >= 4 is 23.3 Å². The topological polar surface area (TPSA) is 70.1 Å². The maximum absolute atomic E-state index is 11.8. The number of rotatable bonds is 3. The summed E-state index contributed by atoms with van der Waals surface area (Å²) in [6.07, 6.45) is 3.05. The van der Waals surface area contributed by atoms with Crippen molar-refractivity contribution in [2.45, 2.75) is 6.92 Å². The Balaban J connectivity index is 2.54. The SMILES string of the molecule is CCOC(=O)c1cccc(N)c1-n1cc(Cl)cn1. The molecule has 94 valence electrons. The number of hydrogen-bond donors (Lipinski definition) is 1. The summed E-state index contributed by atoms with van der Waals surface area (Å²) in [6.45, 7) is 2.04. The second-order valence-electron chi connectivity index (χ2n) is 3.57. The third-order valence-electron chi connectivity index (χ3n) is 2.34. The molecular formula is C12H12ClN3O2. The molecule has 2 rings (SSSR count). The highest BCUT2D eigenvalue weighted by Crippen LogP contribution is 2.23. The van der Waals surface area contributed by atoms with Crippen LogP contribution in [0.1, 0.15) is 17.3 Å². The molecule has 1 aromatic heterocycles. The predicted molar refractivity (Wildman–Crippen MR) is 68.9 cm³/mol. The van der Waals surface area contributed by atoms with Gasteiger partial charge in [0.1, 0.15) is 5.69 Å². The summed E-state index contributed by atoms with van der Waals surface area (Å²) < 4.78 is 6.45. The predicted octanol–water partition coefficient (Wildman–Crippen LogP) is 2.28. The molecule has 0 unspecified atom stereocenters. The molecule has 1 heterocycles. The Morgan fingerprint density at radius 3 is 2.94 bits per heavy atom. The first-order chi connectivity index (χ1) is 8.63. The van der Waals surface area contributed by atoms with Crippen LogP contribution in [0.5, 0.6) is 0 Å². The van der Waals surface area contributed by atoms with Crippen LogP contribution >= 0.6 is 11.6 Å². The lowest BCUT2D eigenvalue weighted by Crippen LogP contribution is -2.12. The first kappa shape index (κ1) is 12.4. The Morgan fingerprint density at radius 2 is 2.33 bits per heavy atom. The minimum Gasteiger partial charge on any atom is -0.462 e. The Hall–Kier alpha value is -2.01. The van der Waals surface area contributed by atoms with E-state index in [0.717, 1.165) is 0 Å². The highest BCUT2D eigenvalue weighted by Gasteiger charge is 2.17. The Labute approximate surface area is 109 Å². The molecule has 0 aliphatic carbocycles. The van der Waals surface area contributed by atoms with Crippen molar-refractivity contribution < 1.29 is 9.53 Å². The van der Waals surface area contributed by atoms with Crippen LogP contribution in [-0.4, -0.2) is 22.4 Å². The monoisotopic (exact) mass is 265 g/mol. The molecule has 18 heavy (non-hydrogen) atoms. The van der Waals surface area contributed by atoms with Gasteiger partial charge in [-0.1, -0.05) is 17.7 Å². The van der Waals surface area contributed by atoms with Crippen LogP contribution < -0.4 is 5.73 Å². The highest BCUT2D eigenvalue weighted by atomic mass is 35.5. The van der Waals surface area contributed by atoms with Gasteiger partial charge in [-0.05, 0) is 19.1 Å². The molecule has 0 saturated carbocycles. The molecule has 0 saturated heterocycles. The van der Waals surface area contributed by atoms with Gasteiger partial charge in [0, 0.05) is 6.20 Å². The van der Waals surface area contributed by atoms with Crippen LogP contribution in [0.2, 0.25) is 5.02 Å². The van der Waals surface area contributed by atoms with Crippen LogP contribution in [0.3, 0.4) is 0 Å². The van der Waals surface area contributed by atoms with Crippen LogP contribution in [0.15, 0.2) is 30.6 Å². The summed E-state index contributed by atoms with van der Waals surface area (Å²) in [6, 6.07) is 5.02. The van der Waals surface area contributed by atoms with Crippen LogP contribution in [-0.2, 0) is 4.74 Å². The number of nitrogen functional groups attached to an aromatic ring is 1. The largest absolute Gasteiger partial charge is 0.462 e. The molecule has 5 nitrogen and oxygen atoms in total. The van der Waals surface area contributed by atoms with Crippen molar-refractivity contribution in [3.63, 3.8) is 0 Å². The van der Waals surface area contributed by atoms with Gasteiger partial charge in [-0.2, -0.15) is 5.10 Å². The van der Waals surface area contributed by atoms with E-state index in [1.807, 2.05) is 0 Å². The number of carbonyl (C=O) groups is 1. The molecule has 2 N–H and O–H groups in total. The van der Waals surface area contributed by atoms with Gasteiger partial charge in [-0.3, -0.25) is 0 Å². The van der Waals surface area contributed by atoms with E-state index in [9.17, 15) is 4.79 Å². The Kier molecular flexibility index (Phi) is 3.53. The molecule has 0 fully saturated rings. The molecule has 0 bridgehead atoms. The zero-order valence-corrected chi connectivity index (χ0v) is 10.5. The summed E-state index contributed by atoms with van der Waals surface area (Å²) in [4.78, 5) is 11.8. The Bertz CT molecular complexity index is 580. The van der Waals surface area contributed by atoms with Crippen molar-refractivity contribution in [2.24, 2.45) is 0 Å². The second kappa shape index (κ2) is 5.10. The molecular weight excluding hydrogens is 254 g/mol. The summed E-state index contributed by atoms with van der Waals surface area (Å²) in [5.41, 5.74) is 7.15. The first-order valence-corrected chi connectivity index (χ1v) is 5.77. The standard InChI is InChI=1S/C12H12ClN3O2/c1-2-18-12(17)9-4-3-5-10(14)11(9)16-7-8(13)6-15-16/h3-7H,2,14H2,1H3. The van der Waals surface area contributed by atoms with Crippen molar-refractivity contribution in [2.75, 3.05) is 12.3 Å². The minimum absolute atomic E-state index is 0.299. The fourth-order valence-corrected chi connectivity index (χ4v) is 1.75. The summed E-state index contributed by atoms with van der Waals surface area (Å²) in [5.74, 6) is -0.438. The molecule has 6 heteroatoms. The maximum Gasteiger partial charge on any atom is 0.340 e. The maximum atomic E-state index is 11.8.